The third-order valence-electron chi connectivity index (χ3n) is 2.61. The van der Waals surface area contributed by atoms with E-state index in [1.54, 1.807) is 31.2 Å². The zero-order chi connectivity index (χ0) is 14.5. The molecule has 0 atom stereocenters. The number of ether oxygens (including phenoxy) is 1. The zero-order valence-corrected chi connectivity index (χ0v) is 12.1. The Morgan fingerprint density at radius 1 is 1.30 bits per heavy atom. The molecule has 104 valence electrons. The molecule has 20 heavy (non-hydrogen) atoms. The van der Waals surface area contributed by atoms with Crippen LogP contribution >= 0.6 is 11.6 Å². The van der Waals surface area contributed by atoms with E-state index >= 15 is 0 Å². The number of pyridine rings is 1. The van der Waals surface area contributed by atoms with Gasteiger partial charge in [0.25, 0.3) is 5.91 Å². The SMILES string of the molecule is CCOc1ccc(NC(=O)c2cc(C)nc(Cl)c2)cc1. The average Bonchev–Trinajstić information content (AvgIpc) is 2.40. The molecule has 0 fully saturated rings. The molecule has 1 aromatic carbocycles. The van der Waals surface area contributed by atoms with Gasteiger partial charge in [-0.25, -0.2) is 4.98 Å². The van der Waals surface area contributed by atoms with Crippen molar-refractivity contribution in [3.8, 4) is 5.75 Å². The van der Waals surface area contributed by atoms with Crippen molar-refractivity contribution in [3.05, 3.63) is 52.8 Å². The van der Waals surface area contributed by atoms with Gasteiger partial charge in [0.15, 0.2) is 0 Å². The van der Waals surface area contributed by atoms with Crippen molar-refractivity contribution in [2.24, 2.45) is 0 Å². The average molecular weight is 291 g/mol. The first-order chi connectivity index (χ1) is 9.58. The largest absolute Gasteiger partial charge is 0.494 e. The highest BCUT2D eigenvalue weighted by atomic mass is 35.5. The summed E-state index contributed by atoms with van der Waals surface area (Å²) in [5, 5.41) is 3.11. The first-order valence-electron chi connectivity index (χ1n) is 6.27. The first kappa shape index (κ1) is 14.3. The molecule has 0 aliphatic carbocycles. The van der Waals surface area contributed by atoms with Gasteiger partial charge in [0.1, 0.15) is 10.9 Å². The van der Waals surface area contributed by atoms with Crippen LogP contribution in [0.25, 0.3) is 0 Å². The number of aromatic nitrogens is 1. The molecule has 4 nitrogen and oxygen atoms in total. The second-order valence-electron chi connectivity index (χ2n) is 4.23. The van der Waals surface area contributed by atoms with Gasteiger partial charge < -0.3 is 10.1 Å². The van der Waals surface area contributed by atoms with Crippen molar-refractivity contribution in [2.45, 2.75) is 13.8 Å². The third-order valence-corrected chi connectivity index (χ3v) is 2.80. The Morgan fingerprint density at radius 3 is 2.60 bits per heavy atom. The molecule has 0 aliphatic heterocycles. The van der Waals surface area contributed by atoms with Crippen molar-refractivity contribution in [1.29, 1.82) is 0 Å². The van der Waals surface area contributed by atoms with E-state index in [1.807, 2.05) is 19.1 Å². The maximum atomic E-state index is 12.1. The molecule has 0 saturated heterocycles. The number of anilines is 1. The van der Waals surface area contributed by atoms with Gasteiger partial charge in [-0.05, 0) is 50.2 Å². The highest BCUT2D eigenvalue weighted by molar-refractivity contribution is 6.29. The monoisotopic (exact) mass is 290 g/mol. The lowest BCUT2D eigenvalue weighted by atomic mass is 10.2. The Bertz CT molecular complexity index is 592. The fraction of sp³-hybridized carbons (Fsp3) is 0.200. The predicted molar refractivity (Wildman–Crippen MR) is 79.5 cm³/mol. The molecule has 2 rings (SSSR count). The molecular weight excluding hydrogens is 276 g/mol. The number of carbonyl (C=O) groups is 1. The Hall–Kier alpha value is -2.07. The second-order valence-corrected chi connectivity index (χ2v) is 4.62. The van der Waals surface area contributed by atoms with E-state index in [2.05, 4.69) is 10.3 Å². The van der Waals surface area contributed by atoms with Crippen LogP contribution in [0.5, 0.6) is 5.75 Å². The molecule has 0 radical (unpaired) electrons. The van der Waals surface area contributed by atoms with Crippen molar-refractivity contribution in [2.75, 3.05) is 11.9 Å². The van der Waals surface area contributed by atoms with Gasteiger partial charge in [-0.2, -0.15) is 0 Å². The Balaban J connectivity index is 2.10. The summed E-state index contributed by atoms with van der Waals surface area (Å²) in [7, 11) is 0. The molecule has 1 aromatic heterocycles. The summed E-state index contributed by atoms with van der Waals surface area (Å²) < 4.78 is 5.34. The lowest BCUT2D eigenvalue weighted by Gasteiger charge is -2.08. The molecule has 2 aromatic rings. The fourth-order valence-electron chi connectivity index (χ4n) is 1.76. The predicted octanol–water partition coefficient (Wildman–Crippen LogP) is 3.69. The maximum Gasteiger partial charge on any atom is 0.255 e. The molecule has 5 heteroatoms. The second kappa shape index (κ2) is 6.39. The number of amides is 1. The summed E-state index contributed by atoms with van der Waals surface area (Å²) in [4.78, 5) is 16.1. The Kier molecular flexibility index (Phi) is 4.58. The highest BCUT2D eigenvalue weighted by Crippen LogP contribution is 2.17. The van der Waals surface area contributed by atoms with E-state index in [-0.39, 0.29) is 5.91 Å². The lowest BCUT2D eigenvalue weighted by molar-refractivity contribution is 0.102. The zero-order valence-electron chi connectivity index (χ0n) is 11.3. The van der Waals surface area contributed by atoms with Crippen molar-refractivity contribution in [3.63, 3.8) is 0 Å². The summed E-state index contributed by atoms with van der Waals surface area (Å²) in [5.41, 5.74) is 1.88. The van der Waals surface area contributed by atoms with E-state index in [0.29, 0.717) is 28.7 Å². The number of nitrogens with one attached hydrogen (secondary N) is 1. The molecule has 1 N–H and O–H groups in total. The van der Waals surface area contributed by atoms with E-state index in [0.717, 1.165) is 5.75 Å². The van der Waals surface area contributed by atoms with Gasteiger partial charge in [0.2, 0.25) is 0 Å². The lowest BCUT2D eigenvalue weighted by Crippen LogP contribution is -2.12. The molecule has 0 saturated carbocycles. The van der Waals surface area contributed by atoms with E-state index in [9.17, 15) is 4.79 Å². The van der Waals surface area contributed by atoms with E-state index < -0.39 is 0 Å². The molecule has 0 aliphatic rings. The van der Waals surface area contributed by atoms with Gasteiger partial charge in [0.05, 0.1) is 6.61 Å². The van der Waals surface area contributed by atoms with Crippen LogP contribution in [0.15, 0.2) is 36.4 Å². The Morgan fingerprint density at radius 2 is 2.00 bits per heavy atom. The van der Waals surface area contributed by atoms with Crippen LogP contribution in [0, 0.1) is 6.92 Å². The van der Waals surface area contributed by atoms with E-state index in [4.69, 9.17) is 16.3 Å². The minimum atomic E-state index is -0.221. The number of hydrogen-bond donors (Lipinski definition) is 1. The molecule has 0 unspecified atom stereocenters. The Labute approximate surface area is 122 Å². The summed E-state index contributed by atoms with van der Waals surface area (Å²) in [6.07, 6.45) is 0. The molecule has 0 bridgehead atoms. The van der Waals surface area contributed by atoms with Gasteiger partial charge in [-0.3, -0.25) is 4.79 Å². The number of rotatable bonds is 4. The molecule has 0 spiro atoms. The van der Waals surface area contributed by atoms with Crippen LogP contribution in [0.2, 0.25) is 5.15 Å². The fourth-order valence-corrected chi connectivity index (χ4v) is 2.01. The quantitative estimate of drug-likeness (QED) is 0.874. The number of carbonyl (C=O) groups excluding carboxylic acids is 1. The van der Waals surface area contributed by atoms with Gasteiger partial charge in [-0.1, -0.05) is 11.6 Å². The van der Waals surface area contributed by atoms with Crippen LogP contribution in [0.1, 0.15) is 23.0 Å². The summed E-state index contributed by atoms with van der Waals surface area (Å²) in [6, 6.07) is 10.4. The van der Waals surface area contributed by atoms with E-state index in [1.165, 1.54) is 0 Å². The molecule has 1 heterocycles. The summed E-state index contributed by atoms with van der Waals surface area (Å²) in [5.74, 6) is 0.551. The summed E-state index contributed by atoms with van der Waals surface area (Å²) >= 11 is 5.85. The van der Waals surface area contributed by atoms with Crippen LogP contribution in [-0.4, -0.2) is 17.5 Å². The number of benzene rings is 1. The highest BCUT2D eigenvalue weighted by Gasteiger charge is 2.08. The number of hydrogen-bond acceptors (Lipinski definition) is 3. The van der Waals surface area contributed by atoms with Gasteiger partial charge >= 0.3 is 0 Å². The number of aryl methyl sites for hydroxylation is 1. The minimum absolute atomic E-state index is 0.221. The van der Waals surface area contributed by atoms with Crippen LogP contribution in [0.4, 0.5) is 5.69 Å². The van der Waals surface area contributed by atoms with Crippen molar-refractivity contribution >= 4 is 23.2 Å². The third kappa shape index (κ3) is 3.71. The normalized spacial score (nSPS) is 10.2. The number of nitrogens with zero attached hydrogens (tertiary/aromatic N) is 1. The smallest absolute Gasteiger partial charge is 0.255 e. The van der Waals surface area contributed by atoms with Gasteiger partial charge in [0, 0.05) is 16.9 Å². The maximum absolute atomic E-state index is 12.1. The standard InChI is InChI=1S/C15H15ClN2O2/c1-3-20-13-6-4-12(5-7-13)18-15(19)11-8-10(2)17-14(16)9-11/h4-9H,3H2,1-2H3,(H,18,19). The van der Waals surface area contributed by atoms with Crippen LogP contribution < -0.4 is 10.1 Å². The molecular formula is C15H15ClN2O2. The minimum Gasteiger partial charge on any atom is -0.494 e. The van der Waals surface area contributed by atoms with Gasteiger partial charge in [-0.15, -0.1) is 0 Å². The topological polar surface area (TPSA) is 51.2 Å². The van der Waals surface area contributed by atoms with Crippen LogP contribution in [0.3, 0.4) is 0 Å². The first-order valence-corrected chi connectivity index (χ1v) is 6.64. The summed E-state index contributed by atoms with van der Waals surface area (Å²) in [6.45, 7) is 4.32. The molecule has 1 amide bonds. The van der Waals surface area contributed by atoms with Crippen molar-refractivity contribution < 1.29 is 9.53 Å². The van der Waals surface area contributed by atoms with Crippen molar-refractivity contribution in [1.82, 2.24) is 4.98 Å². The van der Waals surface area contributed by atoms with Crippen LogP contribution in [-0.2, 0) is 0 Å². The number of halogens is 1.